The summed E-state index contributed by atoms with van der Waals surface area (Å²) in [5.41, 5.74) is -1.14. The zero-order valence-electron chi connectivity index (χ0n) is 9.09. The summed E-state index contributed by atoms with van der Waals surface area (Å²) in [6, 6.07) is 2.51. The zero-order valence-corrected chi connectivity index (χ0v) is 9.91. The summed E-state index contributed by atoms with van der Waals surface area (Å²) in [4.78, 5) is 0. The number of halogens is 4. The van der Waals surface area contributed by atoms with Gasteiger partial charge in [0.05, 0.1) is 11.7 Å². The molecule has 1 aromatic carbocycles. The van der Waals surface area contributed by atoms with Crippen LogP contribution in [0.25, 0.3) is 0 Å². The molecule has 17 heavy (non-hydrogen) atoms. The Hall–Kier alpha value is -0.750. The van der Waals surface area contributed by atoms with Crippen molar-refractivity contribution in [1.29, 1.82) is 0 Å². The Morgan fingerprint density at radius 2 is 2.00 bits per heavy atom. The summed E-state index contributed by atoms with van der Waals surface area (Å²) in [5, 5.41) is 9.61. The second-order valence-electron chi connectivity index (χ2n) is 3.53. The van der Waals surface area contributed by atoms with Gasteiger partial charge in [-0.2, -0.15) is 24.9 Å². The minimum Gasteiger partial charge on any atom is -0.388 e. The molecule has 96 valence electrons. The van der Waals surface area contributed by atoms with Crippen LogP contribution in [-0.4, -0.2) is 17.1 Å². The first-order valence-corrected chi connectivity index (χ1v) is 6.29. The van der Waals surface area contributed by atoms with Crippen molar-refractivity contribution in [3.63, 3.8) is 0 Å². The molecular weight excluding hydrogens is 256 g/mol. The SMILES string of the molecule is CSCCC(O)c1ccc(C(F)(F)F)c(F)c1. The maximum Gasteiger partial charge on any atom is 0.419 e. The van der Waals surface area contributed by atoms with E-state index in [9.17, 15) is 22.7 Å². The molecule has 1 aromatic rings. The average molecular weight is 268 g/mol. The lowest BCUT2D eigenvalue weighted by atomic mass is 10.0. The van der Waals surface area contributed by atoms with Gasteiger partial charge in [0.15, 0.2) is 0 Å². The molecule has 1 unspecified atom stereocenters. The van der Waals surface area contributed by atoms with Crippen LogP contribution in [-0.2, 0) is 6.18 Å². The highest BCUT2D eigenvalue weighted by Crippen LogP contribution is 2.32. The van der Waals surface area contributed by atoms with Crippen LogP contribution in [0.4, 0.5) is 17.6 Å². The monoisotopic (exact) mass is 268 g/mol. The Morgan fingerprint density at radius 1 is 1.35 bits per heavy atom. The number of benzene rings is 1. The minimum atomic E-state index is -4.70. The minimum absolute atomic E-state index is 0.171. The molecular formula is C11H12F4OS. The van der Waals surface area contributed by atoms with Crippen molar-refractivity contribution in [3.8, 4) is 0 Å². The molecule has 1 rings (SSSR count). The third-order valence-electron chi connectivity index (χ3n) is 2.28. The van der Waals surface area contributed by atoms with Crippen LogP contribution in [0.3, 0.4) is 0 Å². The number of thioether (sulfide) groups is 1. The maximum absolute atomic E-state index is 13.2. The van der Waals surface area contributed by atoms with Crippen molar-refractivity contribution in [1.82, 2.24) is 0 Å². The lowest BCUT2D eigenvalue weighted by Crippen LogP contribution is -2.09. The van der Waals surface area contributed by atoms with Crippen LogP contribution >= 0.6 is 11.8 Å². The average Bonchev–Trinajstić information content (AvgIpc) is 2.23. The predicted molar refractivity (Wildman–Crippen MR) is 59.4 cm³/mol. The van der Waals surface area contributed by atoms with E-state index in [1.54, 1.807) is 0 Å². The van der Waals surface area contributed by atoms with Gasteiger partial charge in [0.2, 0.25) is 0 Å². The standard InChI is InChI=1S/C11H12F4OS/c1-17-5-4-10(16)7-2-3-8(9(12)6-7)11(13,14)15/h2-3,6,10,16H,4-5H2,1H3. The lowest BCUT2D eigenvalue weighted by Gasteiger charge is -2.13. The maximum atomic E-state index is 13.2. The Kier molecular flexibility index (Phi) is 4.82. The van der Waals surface area contributed by atoms with E-state index in [0.717, 1.165) is 12.1 Å². The normalized spacial score (nSPS) is 13.8. The molecule has 0 fully saturated rings. The van der Waals surface area contributed by atoms with Gasteiger partial charge < -0.3 is 5.11 Å². The van der Waals surface area contributed by atoms with E-state index >= 15 is 0 Å². The lowest BCUT2D eigenvalue weighted by molar-refractivity contribution is -0.140. The van der Waals surface area contributed by atoms with Crippen LogP contribution in [0.1, 0.15) is 23.7 Å². The molecule has 0 bridgehead atoms. The molecule has 0 aliphatic carbocycles. The molecule has 0 amide bonds. The van der Waals surface area contributed by atoms with Gasteiger partial charge >= 0.3 is 6.18 Å². The highest BCUT2D eigenvalue weighted by molar-refractivity contribution is 7.98. The molecule has 1 nitrogen and oxygen atoms in total. The van der Waals surface area contributed by atoms with Gasteiger partial charge in [-0.1, -0.05) is 6.07 Å². The number of aliphatic hydroxyl groups is 1. The number of alkyl halides is 3. The molecule has 0 spiro atoms. The Morgan fingerprint density at radius 3 is 2.47 bits per heavy atom. The predicted octanol–water partition coefficient (Wildman–Crippen LogP) is 3.63. The second-order valence-corrected chi connectivity index (χ2v) is 4.52. The summed E-state index contributed by atoms with van der Waals surface area (Å²) in [6.07, 6.45) is -3.40. The summed E-state index contributed by atoms with van der Waals surface area (Å²) >= 11 is 1.50. The fraction of sp³-hybridized carbons (Fsp3) is 0.455. The fourth-order valence-corrected chi connectivity index (χ4v) is 1.82. The van der Waals surface area contributed by atoms with Crippen LogP contribution < -0.4 is 0 Å². The van der Waals surface area contributed by atoms with Crippen LogP contribution in [0, 0.1) is 5.82 Å². The Bertz CT molecular complexity index is 378. The van der Waals surface area contributed by atoms with Gasteiger partial charge in [-0.25, -0.2) is 4.39 Å². The Labute approximate surface area is 101 Å². The molecule has 0 aromatic heterocycles. The molecule has 0 aliphatic rings. The molecule has 1 N–H and O–H groups in total. The van der Waals surface area contributed by atoms with E-state index in [1.165, 1.54) is 11.8 Å². The van der Waals surface area contributed by atoms with Crippen LogP contribution in [0.15, 0.2) is 18.2 Å². The molecule has 0 saturated heterocycles. The molecule has 6 heteroatoms. The van der Waals surface area contributed by atoms with E-state index in [4.69, 9.17) is 0 Å². The van der Waals surface area contributed by atoms with Crippen molar-refractivity contribution in [2.45, 2.75) is 18.7 Å². The van der Waals surface area contributed by atoms with E-state index in [1.807, 2.05) is 6.26 Å². The van der Waals surface area contributed by atoms with E-state index in [0.29, 0.717) is 18.2 Å². The summed E-state index contributed by atoms with van der Waals surface area (Å²) < 4.78 is 50.0. The van der Waals surface area contributed by atoms with Crippen molar-refractivity contribution >= 4 is 11.8 Å². The molecule has 0 saturated carbocycles. The van der Waals surface area contributed by atoms with Crippen molar-refractivity contribution in [2.24, 2.45) is 0 Å². The first kappa shape index (κ1) is 14.3. The summed E-state index contributed by atoms with van der Waals surface area (Å²) in [7, 11) is 0. The highest BCUT2D eigenvalue weighted by atomic mass is 32.2. The largest absolute Gasteiger partial charge is 0.419 e. The number of hydrogen-bond acceptors (Lipinski definition) is 2. The fourth-order valence-electron chi connectivity index (χ4n) is 1.36. The van der Waals surface area contributed by atoms with Gasteiger partial charge in [0.1, 0.15) is 5.82 Å². The van der Waals surface area contributed by atoms with Gasteiger partial charge in [-0.3, -0.25) is 0 Å². The topological polar surface area (TPSA) is 20.2 Å². The van der Waals surface area contributed by atoms with Crippen LogP contribution in [0.5, 0.6) is 0 Å². The van der Waals surface area contributed by atoms with Crippen molar-refractivity contribution < 1.29 is 22.7 Å². The molecule has 1 atom stereocenters. The van der Waals surface area contributed by atoms with Crippen LogP contribution in [0.2, 0.25) is 0 Å². The summed E-state index contributed by atoms with van der Waals surface area (Å²) in [5.74, 6) is -0.692. The third kappa shape index (κ3) is 3.89. The number of rotatable bonds is 4. The first-order valence-electron chi connectivity index (χ1n) is 4.90. The van der Waals surface area contributed by atoms with Gasteiger partial charge in [0.25, 0.3) is 0 Å². The number of hydrogen-bond donors (Lipinski definition) is 1. The smallest absolute Gasteiger partial charge is 0.388 e. The second kappa shape index (κ2) is 5.73. The summed E-state index contributed by atoms with van der Waals surface area (Å²) in [6.45, 7) is 0. The van der Waals surface area contributed by atoms with E-state index in [-0.39, 0.29) is 5.56 Å². The van der Waals surface area contributed by atoms with Gasteiger partial charge in [-0.15, -0.1) is 0 Å². The van der Waals surface area contributed by atoms with E-state index < -0.39 is 23.7 Å². The molecule has 0 radical (unpaired) electrons. The zero-order chi connectivity index (χ0) is 13.1. The number of aliphatic hydroxyl groups excluding tert-OH is 1. The third-order valence-corrected chi connectivity index (χ3v) is 2.92. The van der Waals surface area contributed by atoms with Gasteiger partial charge in [0, 0.05) is 0 Å². The van der Waals surface area contributed by atoms with Crippen molar-refractivity contribution in [3.05, 3.63) is 35.1 Å². The first-order chi connectivity index (χ1) is 7.86. The molecule has 0 heterocycles. The van der Waals surface area contributed by atoms with Gasteiger partial charge in [-0.05, 0) is 36.1 Å². The quantitative estimate of drug-likeness (QED) is 0.841. The van der Waals surface area contributed by atoms with Crippen molar-refractivity contribution in [2.75, 3.05) is 12.0 Å². The molecule has 0 aliphatic heterocycles. The Balaban J connectivity index is 2.89. The van der Waals surface area contributed by atoms with E-state index in [2.05, 4.69) is 0 Å². The highest BCUT2D eigenvalue weighted by Gasteiger charge is 2.34.